The fourth-order valence-electron chi connectivity index (χ4n) is 2.87. The SMILES string of the molecule is CC[C@@H]1N=C(c2c(F)cccc2F)c2c(ccc(Br)c2Cl)NC1C=O. The fraction of sp³-hybridized carbons (Fsp3) is 0.222. The fourth-order valence-corrected chi connectivity index (χ4v) is 3.46. The number of nitrogens with zero attached hydrogens (tertiary/aromatic N) is 1. The van der Waals surface area contributed by atoms with E-state index in [1.165, 1.54) is 18.2 Å². The van der Waals surface area contributed by atoms with Crippen molar-refractivity contribution in [2.24, 2.45) is 4.99 Å². The number of hydrogen-bond donors (Lipinski definition) is 1. The molecule has 0 aromatic heterocycles. The Kier molecular flexibility index (Phi) is 5.20. The van der Waals surface area contributed by atoms with Gasteiger partial charge in [0.25, 0.3) is 0 Å². The molecule has 7 heteroatoms. The quantitative estimate of drug-likeness (QED) is 0.701. The number of aldehydes is 1. The van der Waals surface area contributed by atoms with E-state index < -0.39 is 23.7 Å². The largest absolute Gasteiger partial charge is 0.373 e. The van der Waals surface area contributed by atoms with E-state index in [2.05, 4.69) is 26.2 Å². The molecule has 3 nitrogen and oxygen atoms in total. The van der Waals surface area contributed by atoms with Gasteiger partial charge in [0.15, 0.2) is 0 Å². The van der Waals surface area contributed by atoms with Crippen molar-refractivity contribution in [3.8, 4) is 0 Å². The maximum Gasteiger partial charge on any atom is 0.144 e. The summed E-state index contributed by atoms with van der Waals surface area (Å²) in [7, 11) is 0. The molecule has 1 heterocycles. The van der Waals surface area contributed by atoms with Crippen molar-refractivity contribution < 1.29 is 13.6 Å². The normalized spacial score (nSPS) is 19.5. The number of carbonyl (C=O) groups is 1. The lowest BCUT2D eigenvalue weighted by Crippen LogP contribution is -2.32. The van der Waals surface area contributed by atoms with E-state index in [0.29, 0.717) is 22.1 Å². The third kappa shape index (κ3) is 3.20. The van der Waals surface area contributed by atoms with Gasteiger partial charge in [-0.25, -0.2) is 8.78 Å². The topological polar surface area (TPSA) is 41.5 Å². The molecule has 0 fully saturated rings. The van der Waals surface area contributed by atoms with Gasteiger partial charge >= 0.3 is 0 Å². The summed E-state index contributed by atoms with van der Waals surface area (Å²) in [6, 6.07) is 5.94. The van der Waals surface area contributed by atoms with Crippen LogP contribution < -0.4 is 5.32 Å². The molecule has 2 aromatic carbocycles. The van der Waals surface area contributed by atoms with Crippen LogP contribution in [0.25, 0.3) is 0 Å². The highest BCUT2D eigenvalue weighted by molar-refractivity contribution is 9.10. The van der Waals surface area contributed by atoms with E-state index >= 15 is 0 Å². The maximum absolute atomic E-state index is 14.4. The zero-order valence-corrected chi connectivity index (χ0v) is 15.5. The lowest BCUT2D eigenvalue weighted by molar-refractivity contribution is -0.108. The van der Waals surface area contributed by atoms with Crippen LogP contribution in [0.15, 0.2) is 39.8 Å². The summed E-state index contributed by atoms with van der Waals surface area (Å²) in [5.74, 6) is -1.47. The first-order valence-corrected chi connectivity index (χ1v) is 8.87. The van der Waals surface area contributed by atoms with Crippen molar-refractivity contribution >= 4 is 45.2 Å². The Bertz CT molecular complexity index is 852. The van der Waals surface area contributed by atoms with Crippen molar-refractivity contribution in [1.82, 2.24) is 0 Å². The highest BCUT2D eigenvalue weighted by Gasteiger charge is 2.30. The molecule has 0 saturated carbocycles. The maximum atomic E-state index is 14.4. The second kappa shape index (κ2) is 7.22. The van der Waals surface area contributed by atoms with Gasteiger partial charge in [0, 0.05) is 15.7 Å². The third-order valence-electron chi connectivity index (χ3n) is 4.13. The second-order valence-electron chi connectivity index (χ2n) is 5.64. The Morgan fingerprint density at radius 3 is 2.52 bits per heavy atom. The highest BCUT2D eigenvalue weighted by Crippen LogP contribution is 2.37. The zero-order valence-electron chi connectivity index (χ0n) is 13.2. The molecule has 0 spiro atoms. The van der Waals surface area contributed by atoms with Gasteiger partial charge in [-0.3, -0.25) is 4.99 Å². The standard InChI is InChI=1S/C18H14BrClF2N2O/c1-2-12-14(8-25)23-13-7-6-9(19)17(20)16(13)18(24-12)15-10(21)4-3-5-11(15)22/h3-8,12,14,23H,2H2,1H3/t12-,14?/m0/s1. The third-order valence-corrected chi connectivity index (χ3v) is 5.41. The molecule has 1 unspecified atom stereocenters. The van der Waals surface area contributed by atoms with Gasteiger partial charge in [0.1, 0.15) is 24.0 Å². The predicted octanol–water partition coefficient (Wildman–Crippen LogP) is 4.99. The minimum atomic E-state index is -0.736. The van der Waals surface area contributed by atoms with Crippen LogP contribution in [0.5, 0.6) is 0 Å². The van der Waals surface area contributed by atoms with Crippen molar-refractivity contribution in [2.45, 2.75) is 25.4 Å². The number of nitrogens with one attached hydrogen (secondary N) is 1. The number of benzodiazepines with no additional fused rings is 1. The van der Waals surface area contributed by atoms with Crippen molar-refractivity contribution in [2.75, 3.05) is 5.32 Å². The summed E-state index contributed by atoms with van der Waals surface area (Å²) < 4.78 is 29.4. The Morgan fingerprint density at radius 2 is 1.92 bits per heavy atom. The van der Waals surface area contributed by atoms with Crippen molar-refractivity contribution in [3.63, 3.8) is 0 Å². The molecule has 0 saturated heterocycles. The van der Waals surface area contributed by atoms with Gasteiger partial charge in [-0.05, 0) is 46.6 Å². The number of hydrogen-bond acceptors (Lipinski definition) is 3. The van der Waals surface area contributed by atoms with Crippen LogP contribution in [0.4, 0.5) is 14.5 Å². The summed E-state index contributed by atoms with van der Waals surface area (Å²) in [5, 5.41) is 3.36. The molecule has 2 atom stereocenters. The zero-order chi connectivity index (χ0) is 18.1. The molecule has 0 bridgehead atoms. The summed E-state index contributed by atoms with van der Waals surface area (Å²) in [6.07, 6.45) is 1.26. The van der Waals surface area contributed by atoms with Crippen LogP contribution in [-0.4, -0.2) is 24.1 Å². The molecule has 1 N–H and O–H groups in total. The van der Waals surface area contributed by atoms with Crippen molar-refractivity contribution in [3.05, 3.63) is 62.6 Å². The molecular weight excluding hydrogens is 414 g/mol. The van der Waals surface area contributed by atoms with Crippen LogP contribution in [-0.2, 0) is 4.79 Å². The summed E-state index contributed by atoms with van der Waals surface area (Å²) in [4.78, 5) is 16.0. The molecule has 1 aliphatic heterocycles. The molecule has 0 amide bonds. The Labute approximate surface area is 157 Å². The van der Waals surface area contributed by atoms with Gasteiger partial charge in [-0.2, -0.15) is 0 Å². The van der Waals surface area contributed by atoms with E-state index in [1.807, 2.05) is 6.92 Å². The van der Waals surface area contributed by atoms with Gasteiger partial charge in [0.05, 0.1) is 22.3 Å². The summed E-state index contributed by atoms with van der Waals surface area (Å²) in [5.41, 5.74) is 0.710. The average Bonchev–Trinajstić information content (AvgIpc) is 2.75. The van der Waals surface area contributed by atoms with Crippen molar-refractivity contribution in [1.29, 1.82) is 0 Å². The van der Waals surface area contributed by atoms with Crippen LogP contribution in [0.1, 0.15) is 24.5 Å². The molecule has 0 radical (unpaired) electrons. The first-order valence-electron chi connectivity index (χ1n) is 7.70. The van der Waals surface area contributed by atoms with Crippen LogP contribution in [0.2, 0.25) is 5.02 Å². The lowest BCUT2D eigenvalue weighted by Gasteiger charge is -2.18. The molecule has 0 aliphatic carbocycles. The first kappa shape index (κ1) is 18.0. The summed E-state index contributed by atoms with van der Waals surface area (Å²) >= 11 is 9.74. The Morgan fingerprint density at radius 1 is 1.24 bits per heavy atom. The van der Waals surface area contributed by atoms with E-state index in [4.69, 9.17) is 11.6 Å². The molecule has 1 aliphatic rings. The lowest BCUT2D eigenvalue weighted by atomic mass is 9.99. The number of benzene rings is 2. The Balaban J connectivity index is 2.36. The van der Waals surface area contributed by atoms with E-state index in [1.54, 1.807) is 12.1 Å². The number of halogens is 4. The van der Waals surface area contributed by atoms with Gasteiger partial charge in [-0.15, -0.1) is 0 Å². The van der Waals surface area contributed by atoms with Crippen LogP contribution >= 0.6 is 27.5 Å². The number of rotatable bonds is 3. The number of aliphatic imine (C=N–C) groups is 1. The predicted molar refractivity (Wildman–Crippen MR) is 98.7 cm³/mol. The van der Waals surface area contributed by atoms with Gasteiger partial charge in [0.2, 0.25) is 0 Å². The molecular formula is C18H14BrClF2N2O. The smallest absolute Gasteiger partial charge is 0.144 e. The molecule has 2 aromatic rings. The molecule has 130 valence electrons. The van der Waals surface area contributed by atoms with E-state index in [9.17, 15) is 13.6 Å². The monoisotopic (exact) mass is 426 g/mol. The minimum absolute atomic E-state index is 0.0978. The molecule has 25 heavy (non-hydrogen) atoms. The first-order chi connectivity index (χ1) is 12.0. The second-order valence-corrected chi connectivity index (χ2v) is 6.87. The molecule has 3 rings (SSSR count). The number of carbonyl (C=O) groups excluding carboxylic acids is 1. The van der Waals surface area contributed by atoms with Crippen LogP contribution in [0, 0.1) is 11.6 Å². The number of fused-ring (bicyclic) bond motifs is 1. The Hall–Kier alpha value is -1.79. The van der Waals surface area contributed by atoms with E-state index in [0.717, 1.165) is 6.29 Å². The minimum Gasteiger partial charge on any atom is -0.373 e. The van der Waals surface area contributed by atoms with Gasteiger partial charge < -0.3 is 10.1 Å². The van der Waals surface area contributed by atoms with E-state index in [-0.39, 0.29) is 16.3 Å². The van der Waals surface area contributed by atoms with Crippen LogP contribution in [0.3, 0.4) is 0 Å². The summed E-state index contributed by atoms with van der Waals surface area (Å²) in [6.45, 7) is 1.86. The average molecular weight is 428 g/mol. The van der Waals surface area contributed by atoms with Gasteiger partial charge in [-0.1, -0.05) is 24.6 Å². The number of anilines is 1. The highest BCUT2D eigenvalue weighted by atomic mass is 79.9.